The lowest BCUT2D eigenvalue weighted by atomic mass is 9.75. The number of hydrogen-bond donors (Lipinski definition) is 1. The van der Waals surface area contributed by atoms with Crippen molar-refractivity contribution in [3.63, 3.8) is 0 Å². The van der Waals surface area contributed by atoms with Crippen LogP contribution in [-0.2, 0) is 10.2 Å². The third-order valence-corrected chi connectivity index (χ3v) is 6.32. The van der Waals surface area contributed by atoms with Crippen molar-refractivity contribution in [3.8, 4) is 0 Å². The molecule has 0 amide bonds. The Morgan fingerprint density at radius 2 is 1.70 bits per heavy atom. The maximum Gasteiger partial charge on any atom is 0.281 e. The fourth-order valence-electron chi connectivity index (χ4n) is 2.66. The zero-order valence-corrected chi connectivity index (χ0v) is 14.3. The van der Waals surface area contributed by atoms with Gasteiger partial charge in [-0.05, 0) is 53.4 Å². The van der Waals surface area contributed by atoms with E-state index < -0.39 is 10.2 Å². The second-order valence-corrected chi connectivity index (χ2v) is 8.16. The number of rotatable bonds is 9. The zero-order chi connectivity index (χ0) is 15.4. The van der Waals surface area contributed by atoms with E-state index in [4.69, 9.17) is 0 Å². The van der Waals surface area contributed by atoms with Gasteiger partial charge in [-0.3, -0.25) is 0 Å². The molecule has 1 aliphatic rings. The van der Waals surface area contributed by atoms with Crippen LogP contribution >= 0.6 is 0 Å². The van der Waals surface area contributed by atoms with Gasteiger partial charge < -0.3 is 10.2 Å². The zero-order valence-electron chi connectivity index (χ0n) is 13.5. The van der Waals surface area contributed by atoms with Gasteiger partial charge in [0.05, 0.1) is 0 Å². The average molecular weight is 306 g/mol. The average Bonchev–Trinajstić information content (AvgIpc) is 2.32. The summed E-state index contributed by atoms with van der Waals surface area (Å²) in [7, 11) is 5.94. The van der Waals surface area contributed by atoms with Gasteiger partial charge in [0.15, 0.2) is 0 Å². The van der Waals surface area contributed by atoms with Crippen LogP contribution in [0.25, 0.3) is 0 Å². The fourth-order valence-corrected chi connectivity index (χ4v) is 3.90. The SMILES string of the molecule is CNCCCN(C)S(=O)(=O)N(C)CC1(N(C)C)CCC1. The monoisotopic (exact) mass is 306 g/mol. The lowest BCUT2D eigenvalue weighted by molar-refractivity contribution is 0.0444. The van der Waals surface area contributed by atoms with Gasteiger partial charge >= 0.3 is 0 Å². The van der Waals surface area contributed by atoms with Gasteiger partial charge in [0.25, 0.3) is 10.2 Å². The molecule has 0 radical (unpaired) electrons. The van der Waals surface area contributed by atoms with Crippen molar-refractivity contribution in [1.29, 1.82) is 0 Å². The van der Waals surface area contributed by atoms with Crippen LogP contribution in [-0.4, -0.2) is 82.3 Å². The first-order valence-corrected chi connectivity index (χ1v) is 8.65. The summed E-state index contributed by atoms with van der Waals surface area (Å²) in [5.41, 5.74) is 0.0215. The molecule has 0 aromatic heterocycles. The molecule has 120 valence electrons. The summed E-state index contributed by atoms with van der Waals surface area (Å²) in [6.45, 7) is 1.94. The van der Waals surface area contributed by atoms with Crippen molar-refractivity contribution in [3.05, 3.63) is 0 Å². The van der Waals surface area contributed by atoms with Crippen LogP contribution in [0.1, 0.15) is 25.7 Å². The molecule has 7 heteroatoms. The Balaban J connectivity index is 2.62. The van der Waals surface area contributed by atoms with Gasteiger partial charge in [-0.2, -0.15) is 17.0 Å². The lowest BCUT2D eigenvalue weighted by Gasteiger charge is -2.49. The first-order valence-electron chi connectivity index (χ1n) is 7.26. The molecule has 0 heterocycles. The van der Waals surface area contributed by atoms with E-state index in [0.29, 0.717) is 13.1 Å². The Bertz CT molecular complexity index is 393. The van der Waals surface area contributed by atoms with E-state index in [-0.39, 0.29) is 5.54 Å². The van der Waals surface area contributed by atoms with E-state index in [1.807, 2.05) is 21.1 Å². The molecule has 1 fully saturated rings. The predicted molar refractivity (Wildman–Crippen MR) is 83.0 cm³/mol. The summed E-state index contributed by atoms with van der Waals surface area (Å²) in [6.07, 6.45) is 4.15. The molecule has 20 heavy (non-hydrogen) atoms. The Kier molecular flexibility index (Phi) is 6.40. The van der Waals surface area contributed by atoms with E-state index >= 15 is 0 Å². The molecule has 1 N–H and O–H groups in total. The first-order chi connectivity index (χ1) is 9.26. The Hall–Kier alpha value is -0.210. The molecule has 0 bridgehead atoms. The summed E-state index contributed by atoms with van der Waals surface area (Å²) in [4.78, 5) is 2.17. The predicted octanol–water partition coefficient (Wildman–Crippen LogP) is 0.189. The molecule has 0 unspecified atom stereocenters. The fraction of sp³-hybridized carbons (Fsp3) is 1.00. The maximum atomic E-state index is 12.5. The third-order valence-electron chi connectivity index (χ3n) is 4.44. The lowest BCUT2D eigenvalue weighted by Crippen LogP contribution is -2.58. The van der Waals surface area contributed by atoms with Crippen molar-refractivity contribution >= 4 is 10.2 Å². The normalized spacial score (nSPS) is 18.8. The highest BCUT2D eigenvalue weighted by molar-refractivity contribution is 7.86. The van der Waals surface area contributed by atoms with Gasteiger partial charge in [0.2, 0.25) is 0 Å². The second-order valence-electron chi connectivity index (χ2n) is 6.01. The Labute approximate surface area is 124 Å². The van der Waals surface area contributed by atoms with Crippen molar-refractivity contribution in [2.75, 3.05) is 54.9 Å². The van der Waals surface area contributed by atoms with E-state index in [9.17, 15) is 8.42 Å². The van der Waals surface area contributed by atoms with Crippen LogP contribution < -0.4 is 5.32 Å². The van der Waals surface area contributed by atoms with Gasteiger partial charge in [0.1, 0.15) is 0 Å². The Morgan fingerprint density at radius 1 is 1.10 bits per heavy atom. The summed E-state index contributed by atoms with van der Waals surface area (Å²) in [5, 5.41) is 3.03. The molecule has 1 saturated carbocycles. The quantitative estimate of drug-likeness (QED) is 0.618. The van der Waals surface area contributed by atoms with Crippen molar-refractivity contribution in [2.24, 2.45) is 0 Å². The minimum Gasteiger partial charge on any atom is -0.320 e. The summed E-state index contributed by atoms with van der Waals surface area (Å²) in [6, 6.07) is 0. The highest BCUT2D eigenvalue weighted by Crippen LogP contribution is 2.37. The van der Waals surface area contributed by atoms with Crippen LogP contribution in [0.15, 0.2) is 0 Å². The number of likely N-dealkylation sites (N-methyl/N-ethyl adjacent to an activating group) is 2. The summed E-state index contributed by atoms with van der Waals surface area (Å²) in [5.74, 6) is 0. The largest absolute Gasteiger partial charge is 0.320 e. The van der Waals surface area contributed by atoms with E-state index in [1.165, 1.54) is 15.0 Å². The molecular weight excluding hydrogens is 276 g/mol. The van der Waals surface area contributed by atoms with E-state index in [1.54, 1.807) is 14.1 Å². The summed E-state index contributed by atoms with van der Waals surface area (Å²) < 4.78 is 27.9. The van der Waals surface area contributed by atoms with Crippen molar-refractivity contribution in [2.45, 2.75) is 31.2 Å². The van der Waals surface area contributed by atoms with Crippen LogP contribution in [0, 0.1) is 0 Å². The van der Waals surface area contributed by atoms with Crippen molar-refractivity contribution in [1.82, 2.24) is 18.8 Å². The van der Waals surface area contributed by atoms with Gasteiger partial charge in [-0.25, -0.2) is 0 Å². The second kappa shape index (κ2) is 7.17. The minimum absolute atomic E-state index is 0.0215. The number of nitrogens with zero attached hydrogens (tertiary/aromatic N) is 3. The smallest absolute Gasteiger partial charge is 0.281 e. The molecule has 1 aliphatic carbocycles. The topological polar surface area (TPSA) is 55.9 Å². The molecule has 0 spiro atoms. The molecule has 1 rings (SSSR count). The number of hydrogen-bond acceptors (Lipinski definition) is 4. The highest BCUT2D eigenvalue weighted by Gasteiger charge is 2.42. The van der Waals surface area contributed by atoms with Crippen LogP contribution in [0.5, 0.6) is 0 Å². The van der Waals surface area contributed by atoms with Gasteiger partial charge in [-0.1, -0.05) is 0 Å². The van der Waals surface area contributed by atoms with Crippen LogP contribution in [0.2, 0.25) is 0 Å². The van der Waals surface area contributed by atoms with E-state index in [0.717, 1.165) is 25.8 Å². The van der Waals surface area contributed by atoms with E-state index in [2.05, 4.69) is 10.2 Å². The van der Waals surface area contributed by atoms with Crippen molar-refractivity contribution < 1.29 is 8.42 Å². The third kappa shape index (κ3) is 3.92. The standard InChI is InChI=1S/C13H30N4O2S/c1-14-10-7-11-16(4)20(18,19)17(5)12-13(15(2)3)8-6-9-13/h14H,6-12H2,1-5H3. The number of nitrogens with one attached hydrogen (secondary N) is 1. The maximum absolute atomic E-state index is 12.5. The molecule has 0 aromatic carbocycles. The molecule has 0 atom stereocenters. The van der Waals surface area contributed by atoms with Crippen LogP contribution in [0.3, 0.4) is 0 Å². The minimum atomic E-state index is -3.35. The highest BCUT2D eigenvalue weighted by atomic mass is 32.2. The van der Waals surface area contributed by atoms with Gasteiger partial charge in [-0.15, -0.1) is 0 Å². The molecule has 6 nitrogen and oxygen atoms in total. The molecule has 0 aromatic rings. The first kappa shape index (κ1) is 17.8. The van der Waals surface area contributed by atoms with Crippen LogP contribution in [0.4, 0.5) is 0 Å². The molecule has 0 saturated heterocycles. The summed E-state index contributed by atoms with van der Waals surface area (Å²) >= 11 is 0. The Morgan fingerprint density at radius 3 is 2.10 bits per heavy atom. The van der Waals surface area contributed by atoms with Gasteiger partial charge in [0, 0.05) is 32.7 Å². The molecule has 0 aliphatic heterocycles. The molecular formula is C13H30N4O2S.